The maximum absolute atomic E-state index is 4.88. The van der Waals surface area contributed by atoms with Gasteiger partial charge in [-0.2, -0.15) is 9.36 Å². The Morgan fingerprint density at radius 2 is 1.81 bits per heavy atom. The van der Waals surface area contributed by atoms with Gasteiger partial charge >= 0.3 is 0 Å². The molecule has 2 heterocycles. The van der Waals surface area contributed by atoms with Crippen molar-refractivity contribution in [2.75, 3.05) is 23.7 Å². The molecule has 0 aliphatic carbocycles. The van der Waals surface area contributed by atoms with E-state index in [1.165, 1.54) is 37.2 Å². The standard InChI is InChI=1S/C23H32N6S3/c1-5-9-13-17(6-2)16-30-22-25-21(32-28-22)27-26-20-19(18-14-11-10-12-15-18)24-23(31-20)29(7-3)8-4/h10-12,14-15,17H,5-9,13,16H2,1-4H3/b27-26+. The molecule has 0 bridgehead atoms. The van der Waals surface area contributed by atoms with Crippen LogP contribution in [0.25, 0.3) is 11.3 Å². The molecule has 1 unspecified atom stereocenters. The molecule has 0 fully saturated rings. The van der Waals surface area contributed by atoms with Gasteiger partial charge in [0.2, 0.25) is 10.3 Å². The summed E-state index contributed by atoms with van der Waals surface area (Å²) in [5, 5.41) is 12.1. The first-order chi connectivity index (χ1) is 15.7. The predicted octanol–water partition coefficient (Wildman–Crippen LogP) is 8.23. The number of hydrogen-bond acceptors (Lipinski definition) is 9. The van der Waals surface area contributed by atoms with Crippen molar-refractivity contribution in [3.63, 3.8) is 0 Å². The van der Waals surface area contributed by atoms with Crippen LogP contribution in [0.2, 0.25) is 0 Å². The van der Waals surface area contributed by atoms with Gasteiger partial charge in [-0.15, -0.1) is 10.2 Å². The number of anilines is 1. The Morgan fingerprint density at radius 1 is 1.03 bits per heavy atom. The topological polar surface area (TPSA) is 66.6 Å². The van der Waals surface area contributed by atoms with Crippen molar-refractivity contribution in [2.24, 2.45) is 16.1 Å². The first-order valence-corrected chi connectivity index (χ1v) is 13.9. The zero-order chi connectivity index (χ0) is 22.8. The molecule has 0 radical (unpaired) electrons. The predicted molar refractivity (Wildman–Crippen MR) is 139 cm³/mol. The highest BCUT2D eigenvalue weighted by Crippen LogP contribution is 2.40. The molecule has 2 aromatic heterocycles. The summed E-state index contributed by atoms with van der Waals surface area (Å²) < 4.78 is 4.47. The van der Waals surface area contributed by atoms with E-state index in [1.807, 2.05) is 18.2 Å². The normalized spacial score (nSPS) is 12.5. The third-order valence-electron chi connectivity index (χ3n) is 5.29. The number of rotatable bonds is 13. The third-order valence-corrected chi connectivity index (χ3v) is 8.09. The summed E-state index contributed by atoms with van der Waals surface area (Å²) in [7, 11) is 0. The Morgan fingerprint density at radius 3 is 2.50 bits per heavy atom. The Hall–Kier alpha value is -1.84. The van der Waals surface area contributed by atoms with Crippen LogP contribution in [0.4, 0.5) is 15.3 Å². The van der Waals surface area contributed by atoms with Crippen molar-refractivity contribution in [1.29, 1.82) is 0 Å². The van der Waals surface area contributed by atoms with E-state index in [1.54, 1.807) is 23.1 Å². The molecule has 1 atom stereocenters. The molecule has 32 heavy (non-hydrogen) atoms. The summed E-state index contributed by atoms with van der Waals surface area (Å²) in [6.45, 7) is 10.6. The smallest absolute Gasteiger partial charge is 0.250 e. The minimum Gasteiger partial charge on any atom is -0.349 e. The molecular weight excluding hydrogens is 456 g/mol. The highest BCUT2D eigenvalue weighted by Gasteiger charge is 2.17. The minimum absolute atomic E-state index is 0.589. The molecule has 0 aliphatic heterocycles. The molecular formula is C23H32N6S3. The van der Waals surface area contributed by atoms with Gasteiger partial charge in [-0.05, 0) is 26.2 Å². The van der Waals surface area contributed by atoms with Crippen molar-refractivity contribution in [3.05, 3.63) is 30.3 Å². The van der Waals surface area contributed by atoms with Crippen molar-refractivity contribution in [3.8, 4) is 11.3 Å². The molecule has 1 aromatic carbocycles. The van der Waals surface area contributed by atoms with Crippen LogP contribution in [0.3, 0.4) is 0 Å². The second kappa shape index (κ2) is 13.0. The van der Waals surface area contributed by atoms with Gasteiger partial charge in [0.25, 0.3) is 0 Å². The molecule has 9 heteroatoms. The van der Waals surface area contributed by atoms with E-state index >= 15 is 0 Å². The van der Waals surface area contributed by atoms with E-state index in [4.69, 9.17) is 4.98 Å². The van der Waals surface area contributed by atoms with E-state index in [0.29, 0.717) is 5.13 Å². The lowest BCUT2D eigenvalue weighted by molar-refractivity contribution is 0.499. The lowest BCUT2D eigenvalue weighted by Gasteiger charge is -2.16. The summed E-state index contributed by atoms with van der Waals surface area (Å²) in [5.41, 5.74) is 1.91. The number of azo groups is 1. The van der Waals surface area contributed by atoms with Gasteiger partial charge in [0, 0.05) is 35.9 Å². The van der Waals surface area contributed by atoms with Gasteiger partial charge in [-0.3, -0.25) is 0 Å². The number of unbranched alkanes of at least 4 members (excludes halogenated alkanes) is 1. The van der Waals surface area contributed by atoms with Crippen LogP contribution >= 0.6 is 34.6 Å². The van der Waals surface area contributed by atoms with E-state index < -0.39 is 0 Å². The SMILES string of the molecule is CCCCC(CC)CSc1nsc(/N=N/c2sc(N(CC)CC)nc2-c2ccccc2)n1. The maximum atomic E-state index is 4.88. The van der Waals surface area contributed by atoms with Gasteiger partial charge in [-0.1, -0.05) is 86.5 Å². The highest BCUT2D eigenvalue weighted by atomic mass is 32.2. The highest BCUT2D eigenvalue weighted by molar-refractivity contribution is 7.99. The molecule has 6 nitrogen and oxygen atoms in total. The largest absolute Gasteiger partial charge is 0.349 e. The van der Waals surface area contributed by atoms with Gasteiger partial charge in [0.05, 0.1) is 0 Å². The maximum Gasteiger partial charge on any atom is 0.250 e. The molecule has 172 valence electrons. The quantitative estimate of drug-likeness (QED) is 0.179. The average Bonchev–Trinajstić information content (AvgIpc) is 3.46. The molecule has 0 amide bonds. The van der Waals surface area contributed by atoms with Gasteiger partial charge in [-0.25, -0.2) is 4.98 Å². The minimum atomic E-state index is 0.589. The van der Waals surface area contributed by atoms with Gasteiger partial charge < -0.3 is 4.90 Å². The zero-order valence-electron chi connectivity index (χ0n) is 19.3. The van der Waals surface area contributed by atoms with Gasteiger partial charge in [0.15, 0.2) is 10.1 Å². The van der Waals surface area contributed by atoms with E-state index in [2.05, 4.69) is 64.3 Å². The van der Waals surface area contributed by atoms with Crippen LogP contribution in [0.5, 0.6) is 0 Å². The number of thiazole rings is 1. The zero-order valence-corrected chi connectivity index (χ0v) is 21.8. The average molecular weight is 489 g/mol. The number of nitrogens with zero attached hydrogens (tertiary/aromatic N) is 6. The van der Waals surface area contributed by atoms with Gasteiger partial charge in [0.1, 0.15) is 5.69 Å². The number of aromatic nitrogens is 3. The third kappa shape index (κ3) is 6.83. The number of benzene rings is 1. The van der Waals surface area contributed by atoms with Crippen molar-refractivity contribution >= 4 is 49.9 Å². The van der Waals surface area contributed by atoms with Crippen molar-refractivity contribution < 1.29 is 0 Å². The Kier molecular flexibility index (Phi) is 10.1. The summed E-state index contributed by atoms with van der Waals surface area (Å²) in [6.07, 6.45) is 5.02. The lowest BCUT2D eigenvalue weighted by atomic mass is 10.0. The first-order valence-electron chi connectivity index (χ1n) is 11.4. The molecule has 0 N–H and O–H groups in total. The molecule has 0 saturated carbocycles. The molecule has 3 rings (SSSR count). The van der Waals surface area contributed by atoms with Crippen molar-refractivity contribution in [1.82, 2.24) is 14.3 Å². The van der Waals surface area contributed by atoms with Crippen LogP contribution in [0.1, 0.15) is 53.4 Å². The summed E-state index contributed by atoms with van der Waals surface area (Å²) in [5.74, 6) is 1.78. The Balaban J connectivity index is 1.74. The number of hydrogen-bond donors (Lipinski definition) is 0. The summed E-state index contributed by atoms with van der Waals surface area (Å²) >= 11 is 4.60. The van der Waals surface area contributed by atoms with Crippen LogP contribution in [-0.4, -0.2) is 33.2 Å². The van der Waals surface area contributed by atoms with Crippen molar-refractivity contribution in [2.45, 2.75) is 58.5 Å². The lowest BCUT2D eigenvalue weighted by Crippen LogP contribution is -2.21. The summed E-state index contributed by atoms with van der Waals surface area (Å²) in [4.78, 5) is 11.7. The second-order valence-corrected chi connectivity index (χ2v) is 10.1. The Bertz CT molecular complexity index is 965. The molecule has 0 spiro atoms. The van der Waals surface area contributed by atoms with E-state index in [9.17, 15) is 0 Å². The van der Waals surface area contributed by atoms with Crippen LogP contribution < -0.4 is 4.90 Å². The number of thioether (sulfide) groups is 1. The monoisotopic (exact) mass is 488 g/mol. The van der Waals surface area contributed by atoms with Crippen LogP contribution in [0, 0.1) is 5.92 Å². The Labute approximate surface area is 203 Å². The molecule has 0 aliphatic rings. The van der Waals surface area contributed by atoms with Crippen LogP contribution in [0.15, 0.2) is 45.7 Å². The fraction of sp³-hybridized carbons (Fsp3) is 0.522. The fourth-order valence-electron chi connectivity index (χ4n) is 3.26. The van der Waals surface area contributed by atoms with E-state index in [-0.39, 0.29) is 0 Å². The van der Waals surface area contributed by atoms with Crippen LogP contribution in [-0.2, 0) is 0 Å². The molecule has 0 saturated heterocycles. The first kappa shape index (κ1) is 24.8. The van der Waals surface area contributed by atoms with E-state index in [0.717, 1.165) is 51.3 Å². The molecule has 3 aromatic rings. The fourth-order valence-corrected chi connectivity index (χ4v) is 6.03. The summed E-state index contributed by atoms with van der Waals surface area (Å²) in [6, 6.07) is 10.2. The second-order valence-electron chi connectivity index (χ2n) is 7.48.